The van der Waals surface area contributed by atoms with Gasteiger partial charge in [-0.3, -0.25) is 4.79 Å². The van der Waals surface area contributed by atoms with E-state index in [1.165, 1.54) is 0 Å². The average molecular weight is 277 g/mol. The summed E-state index contributed by atoms with van der Waals surface area (Å²) >= 11 is 1.68. The number of nitrogens with zero attached hydrogens (tertiary/aromatic N) is 5. The van der Waals surface area contributed by atoms with E-state index in [0.29, 0.717) is 5.69 Å². The van der Waals surface area contributed by atoms with Gasteiger partial charge in [0.2, 0.25) is 0 Å². The number of hydrogen-bond acceptors (Lipinski definition) is 5. The van der Waals surface area contributed by atoms with Gasteiger partial charge in [-0.2, -0.15) is 0 Å². The van der Waals surface area contributed by atoms with E-state index in [9.17, 15) is 4.79 Å². The summed E-state index contributed by atoms with van der Waals surface area (Å²) in [5.74, 6) is 0.989. The number of carbonyl (C=O) groups excluding carboxylic acids is 1. The van der Waals surface area contributed by atoms with E-state index in [2.05, 4.69) is 19.1 Å². The molecule has 0 saturated carbocycles. The largest absolute Gasteiger partial charge is 0.345 e. The highest BCUT2D eigenvalue weighted by atomic mass is 32.2. The van der Waals surface area contributed by atoms with Crippen LogP contribution in [0, 0.1) is 6.92 Å². The highest BCUT2D eigenvalue weighted by Gasteiger charge is 2.20. The van der Waals surface area contributed by atoms with Crippen LogP contribution in [0.1, 0.15) is 22.0 Å². The molecule has 1 aliphatic rings. The lowest BCUT2D eigenvalue weighted by molar-refractivity contribution is 0.111. The summed E-state index contributed by atoms with van der Waals surface area (Å²) in [4.78, 5) is 12.1. The smallest absolute Gasteiger partial charge is 0.166 e. The lowest BCUT2D eigenvalue weighted by Gasteiger charge is -2.25. The highest BCUT2D eigenvalue weighted by Crippen LogP contribution is 2.30. The molecule has 1 aliphatic heterocycles. The van der Waals surface area contributed by atoms with Gasteiger partial charge in [-0.15, -0.1) is 10.2 Å². The number of fused-ring (bicyclic) bond motifs is 1. The fraction of sp³-hybridized carbons (Fsp3) is 0.417. The van der Waals surface area contributed by atoms with Crippen LogP contribution >= 0.6 is 11.9 Å². The monoisotopic (exact) mass is 277 g/mol. The summed E-state index contributed by atoms with van der Waals surface area (Å²) in [6.07, 6.45) is 2.67. The zero-order chi connectivity index (χ0) is 13.4. The summed E-state index contributed by atoms with van der Waals surface area (Å²) in [6, 6.07) is 1.94. The van der Waals surface area contributed by atoms with Crippen molar-refractivity contribution in [3.05, 3.63) is 29.6 Å². The molecule has 6 nitrogen and oxygen atoms in total. The van der Waals surface area contributed by atoms with Gasteiger partial charge in [0.05, 0.1) is 12.2 Å². The molecule has 0 radical (unpaired) electrons. The van der Waals surface area contributed by atoms with Crippen molar-refractivity contribution in [2.45, 2.75) is 24.9 Å². The van der Waals surface area contributed by atoms with Crippen molar-refractivity contribution in [2.24, 2.45) is 7.05 Å². The second-order valence-corrected chi connectivity index (χ2v) is 5.73. The van der Waals surface area contributed by atoms with Crippen molar-refractivity contribution in [2.75, 3.05) is 6.54 Å². The molecule has 100 valence electrons. The third-order valence-electron chi connectivity index (χ3n) is 3.48. The minimum atomic E-state index is 0.708. The Balaban J connectivity index is 1.78. The first-order chi connectivity index (χ1) is 9.19. The quantitative estimate of drug-likeness (QED) is 0.624. The van der Waals surface area contributed by atoms with Gasteiger partial charge < -0.3 is 9.13 Å². The molecule has 0 atom stereocenters. The maximum Gasteiger partial charge on any atom is 0.166 e. The van der Waals surface area contributed by atoms with Crippen molar-refractivity contribution >= 4 is 18.2 Å². The van der Waals surface area contributed by atoms with E-state index in [1.807, 2.05) is 24.6 Å². The van der Waals surface area contributed by atoms with Crippen molar-refractivity contribution in [3.8, 4) is 0 Å². The second kappa shape index (κ2) is 4.82. The van der Waals surface area contributed by atoms with E-state index in [0.717, 1.165) is 42.3 Å². The van der Waals surface area contributed by atoms with E-state index in [-0.39, 0.29) is 0 Å². The first kappa shape index (κ1) is 12.4. The molecule has 3 heterocycles. The van der Waals surface area contributed by atoms with Crippen LogP contribution in [0.4, 0.5) is 0 Å². The van der Waals surface area contributed by atoms with Crippen LogP contribution in [-0.4, -0.2) is 36.5 Å². The molecule has 0 spiro atoms. The molecular weight excluding hydrogens is 262 g/mol. The lowest BCUT2D eigenvalue weighted by atomic mass is 10.4. The topological polar surface area (TPSA) is 56.0 Å². The van der Waals surface area contributed by atoms with Crippen molar-refractivity contribution in [3.63, 3.8) is 0 Å². The number of aldehydes is 1. The van der Waals surface area contributed by atoms with Crippen LogP contribution in [0.3, 0.4) is 0 Å². The van der Waals surface area contributed by atoms with Crippen LogP contribution in [0.2, 0.25) is 0 Å². The second-order valence-electron chi connectivity index (χ2n) is 4.59. The number of hydrogen-bond donors (Lipinski definition) is 0. The normalized spacial score (nSPS) is 15.5. The van der Waals surface area contributed by atoms with Crippen LogP contribution in [0.15, 0.2) is 17.3 Å². The molecule has 0 bridgehead atoms. The van der Waals surface area contributed by atoms with Gasteiger partial charge >= 0.3 is 0 Å². The van der Waals surface area contributed by atoms with E-state index < -0.39 is 0 Å². The molecule has 0 aliphatic carbocycles. The zero-order valence-corrected chi connectivity index (χ0v) is 11.7. The Labute approximate surface area is 115 Å². The molecule has 0 saturated heterocycles. The third-order valence-corrected chi connectivity index (χ3v) is 4.66. The van der Waals surface area contributed by atoms with Crippen molar-refractivity contribution < 1.29 is 4.79 Å². The predicted octanol–water partition coefficient (Wildman–Crippen LogP) is 1.26. The van der Waals surface area contributed by atoms with Crippen LogP contribution in [0.5, 0.6) is 0 Å². The molecule has 0 aromatic carbocycles. The first-order valence-corrected chi connectivity index (χ1v) is 6.87. The van der Waals surface area contributed by atoms with Crippen LogP contribution in [0.25, 0.3) is 0 Å². The SMILES string of the molecule is Cc1c(SN2CCn3cnnc3C2)cc(C=O)n1C. The van der Waals surface area contributed by atoms with Gasteiger partial charge in [-0.1, -0.05) is 0 Å². The van der Waals surface area contributed by atoms with Crippen LogP contribution in [-0.2, 0) is 20.1 Å². The summed E-state index contributed by atoms with van der Waals surface area (Å²) in [6.45, 7) is 4.65. The maximum absolute atomic E-state index is 10.9. The fourth-order valence-electron chi connectivity index (χ4n) is 2.16. The fourth-order valence-corrected chi connectivity index (χ4v) is 3.23. The molecule has 2 aromatic rings. The van der Waals surface area contributed by atoms with Crippen molar-refractivity contribution in [1.29, 1.82) is 0 Å². The Morgan fingerprint density at radius 1 is 1.42 bits per heavy atom. The number of carbonyl (C=O) groups is 1. The minimum absolute atomic E-state index is 0.708. The molecule has 0 N–H and O–H groups in total. The number of aromatic nitrogens is 4. The summed E-state index contributed by atoms with van der Waals surface area (Å²) in [5.41, 5.74) is 1.82. The van der Waals surface area contributed by atoms with Crippen LogP contribution < -0.4 is 0 Å². The van der Waals surface area contributed by atoms with E-state index in [1.54, 1.807) is 18.3 Å². The Morgan fingerprint density at radius 2 is 2.26 bits per heavy atom. The molecule has 19 heavy (non-hydrogen) atoms. The summed E-state index contributed by atoms with van der Waals surface area (Å²) in [7, 11) is 1.91. The summed E-state index contributed by atoms with van der Waals surface area (Å²) < 4.78 is 6.24. The van der Waals surface area contributed by atoms with E-state index >= 15 is 0 Å². The molecular formula is C12H15N5OS. The molecule has 0 fully saturated rings. The Morgan fingerprint density at radius 3 is 3.00 bits per heavy atom. The first-order valence-electron chi connectivity index (χ1n) is 6.10. The molecule has 0 amide bonds. The number of rotatable bonds is 3. The maximum atomic E-state index is 10.9. The van der Waals surface area contributed by atoms with Gasteiger partial charge in [0, 0.05) is 30.7 Å². The predicted molar refractivity (Wildman–Crippen MR) is 71.8 cm³/mol. The average Bonchev–Trinajstić information content (AvgIpc) is 2.98. The lowest BCUT2D eigenvalue weighted by Crippen LogP contribution is -2.28. The Kier molecular flexibility index (Phi) is 3.16. The van der Waals surface area contributed by atoms with E-state index in [4.69, 9.17) is 0 Å². The molecule has 3 rings (SSSR count). The minimum Gasteiger partial charge on any atom is -0.345 e. The van der Waals surface area contributed by atoms with Gasteiger partial charge in [0.25, 0.3) is 0 Å². The van der Waals surface area contributed by atoms with Crippen molar-refractivity contribution in [1.82, 2.24) is 23.6 Å². The van der Waals surface area contributed by atoms with Gasteiger partial charge in [0.15, 0.2) is 6.29 Å². The molecule has 7 heteroatoms. The Hall–Kier alpha value is -1.60. The van der Waals surface area contributed by atoms with Gasteiger partial charge in [-0.25, -0.2) is 4.31 Å². The molecule has 0 unspecified atom stereocenters. The summed E-state index contributed by atoms with van der Waals surface area (Å²) in [5, 5.41) is 8.03. The van der Waals surface area contributed by atoms with Gasteiger partial charge in [0.1, 0.15) is 12.2 Å². The third kappa shape index (κ3) is 2.19. The zero-order valence-electron chi connectivity index (χ0n) is 10.9. The molecule has 2 aromatic heterocycles. The highest BCUT2D eigenvalue weighted by molar-refractivity contribution is 7.97. The Bertz CT molecular complexity index is 618. The van der Waals surface area contributed by atoms with Gasteiger partial charge in [-0.05, 0) is 24.9 Å². The standard InChI is InChI=1S/C12H15N5OS/c1-9-11(5-10(7-18)15(9)2)19-17-4-3-16-8-13-14-12(16)6-17/h5,7-8H,3-4,6H2,1-2H3.